The molecule has 4 aromatic heterocycles. The maximum atomic E-state index is 5.57. The Balaban J connectivity index is 0.633. The van der Waals surface area contributed by atoms with Crippen LogP contribution in [0.1, 0.15) is 44.5 Å². The van der Waals surface area contributed by atoms with E-state index in [-0.39, 0.29) is 0 Å². The standard InChI is InChI=1S/C96H54N4/c1-2-14-68-56(12-1)35-45-83-87(68)77-44-33-65-54-66(34-41-71(65)90(77)95(83)79-19-7-3-15-72(79)73-16-4-8-20-80(73)95)86-48-38-60-29-42-76-67(49-51-98-94(76)93(60)100-86)62-31-39-69-63(53-62)36-46-84-88(69)78-43-32-64-52-61(30-40-70(64)89(78)96(84)81-21-9-5-17-74(81)75-18-6-10-22-82(75)96)55-23-25-57(26-24-55)85-47-37-59-28-27-58-13-11-50-97-91(58)92(59)99-85/h1-54H. The molecule has 4 nitrogen and oxygen atoms in total. The first-order chi connectivity index (χ1) is 49.6. The van der Waals surface area contributed by atoms with Gasteiger partial charge in [0.1, 0.15) is 0 Å². The van der Waals surface area contributed by atoms with E-state index in [2.05, 4.69) is 309 Å². The molecular formula is C96H54N4. The van der Waals surface area contributed by atoms with Crippen molar-refractivity contribution in [2.45, 2.75) is 10.8 Å². The third-order valence-electron chi connectivity index (χ3n) is 23.1. The summed E-state index contributed by atoms with van der Waals surface area (Å²) in [5, 5.41) is 14.2. The lowest BCUT2D eigenvalue weighted by molar-refractivity contribution is 0.802. The molecule has 15 aromatic carbocycles. The molecule has 4 heterocycles. The molecule has 0 fully saturated rings. The van der Waals surface area contributed by atoms with Crippen LogP contribution in [0.3, 0.4) is 0 Å². The van der Waals surface area contributed by atoms with Crippen molar-refractivity contribution < 1.29 is 0 Å². The van der Waals surface area contributed by atoms with Crippen LogP contribution in [0.15, 0.2) is 328 Å². The highest BCUT2D eigenvalue weighted by Gasteiger charge is 2.54. The first-order valence-electron chi connectivity index (χ1n) is 34.6. The van der Waals surface area contributed by atoms with E-state index in [1.54, 1.807) is 0 Å². The summed E-state index contributed by atoms with van der Waals surface area (Å²) in [6.07, 6.45) is 3.82. The smallest absolute Gasteiger partial charge is 0.0972 e. The van der Waals surface area contributed by atoms with Gasteiger partial charge < -0.3 is 0 Å². The number of rotatable bonds is 4. The Hall–Kier alpha value is -13.0. The van der Waals surface area contributed by atoms with Gasteiger partial charge in [0.15, 0.2) is 0 Å². The number of pyridine rings is 4. The number of benzene rings is 15. The number of hydrogen-bond acceptors (Lipinski definition) is 4. The van der Waals surface area contributed by atoms with Gasteiger partial charge in [0, 0.05) is 45.1 Å². The number of aromatic nitrogens is 4. The van der Waals surface area contributed by atoms with Crippen LogP contribution in [0, 0.1) is 0 Å². The lowest BCUT2D eigenvalue weighted by Crippen LogP contribution is -2.26. The van der Waals surface area contributed by atoms with Crippen LogP contribution in [-0.2, 0) is 10.8 Å². The quantitative estimate of drug-likeness (QED) is 0.165. The fraction of sp³-hybridized carbons (Fsp3) is 0.0208. The fourth-order valence-corrected chi connectivity index (χ4v) is 19.0. The zero-order chi connectivity index (χ0) is 65.1. The van der Waals surface area contributed by atoms with Gasteiger partial charge in [0.25, 0.3) is 0 Å². The van der Waals surface area contributed by atoms with Crippen molar-refractivity contribution in [1.29, 1.82) is 0 Å². The molecule has 0 radical (unpaired) electrons. The first-order valence-corrected chi connectivity index (χ1v) is 34.6. The maximum Gasteiger partial charge on any atom is 0.0972 e. The van der Waals surface area contributed by atoms with Crippen LogP contribution in [0.25, 0.3) is 176 Å². The zero-order valence-electron chi connectivity index (χ0n) is 54.0. The molecule has 0 aliphatic heterocycles. The van der Waals surface area contributed by atoms with Crippen molar-refractivity contribution in [3.63, 3.8) is 0 Å². The lowest BCUT2D eigenvalue weighted by Gasteiger charge is -2.31. The minimum Gasteiger partial charge on any atom is -0.254 e. The molecule has 458 valence electrons. The number of nitrogens with zero attached hydrogens (tertiary/aromatic N) is 4. The summed E-state index contributed by atoms with van der Waals surface area (Å²) in [7, 11) is 0. The summed E-state index contributed by atoms with van der Waals surface area (Å²) in [6, 6.07) is 118. The van der Waals surface area contributed by atoms with Crippen molar-refractivity contribution in [3.05, 3.63) is 372 Å². The predicted octanol–water partition coefficient (Wildman–Crippen LogP) is 23.8. The van der Waals surface area contributed by atoms with Gasteiger partial charge in [-0.2, -0.15) is 0 Å². The normalized spacial score (nSPS) is 13.8. The molecule has 0 bridgehead atoms. The first kappa shape index (κ1) is 54.1. The summed E-state index contributed by atoms with van der Waals surface area (Å²) >= 11 is 0. The van der Waals surface area contributed by atoms with Gasteiger partial charge in [-0.1, -0.05) is 273 Å². The van der Waals surface area contributed by atoms with Crippen molar-refractivity contribution in [1.82, 2.24) is 19.9 Å². The molecule has 0 atom stereocenters. The lowest BCUT2D eigenvalue weighted by atomic mass is 9.69. The van der Waals surface area contributed by atoms with E-state index in [9.17, 15) is 0 Å². The number of hydrogen-bond donors (Lipinski definition) is 0. The Morgan fingerprint density at radius 1 is 0.200 bits per heavy atom. The molecule has 4 aliphatic carbocycles. The van der Waals surface area contributed by atoms with Crippen LogP contribution in [0.5, 0.6) is 0 Å². The van der Waals surface area contributed by atoms with Gasteiger partial charge in [-0.15, -0.1) is 0 Å². The summed E-state index contributed by atoms with van der Waals surface area (Å²) in [6.45, 7) is 0. The molecule has 100 heavy (non-hydrogen) atoms. The van der Waals surface area contributed by atoms with Crippen molar-refractivity contribution in [3.8, 4) is 89.3 Å². The second kappa shape index (κ2) is 19.8. The van der Waals surface area contributed by atoms with Gasteiger partial charge in [-0.05, 0) is 197 Å². The Morgan fingerprint density at radius 3 is 1.25 bits per heavy atom. The van der Waals surface area contributed by atoms with E-state index < -0.39 is 10.8 Å². The molecule has 19 aromatic rings. The molecule has 0 saturated carbocycles. The molecule has 0 unspecified atom stereocenters. The highest BCUT2D eigenvalue weighted by atomic mass is 14.8. The van der Waals surface area contributed by atoms with E-state index in [1.165, 1.54) is 138 Å². The highest BCUT2D eigenvalue weighted by Crippen LogP contribution is 2.67. The average Bonchev–Trinajstić information content (AvgIpc) is 1.50. The van der Waals surface area contributed by atoms with E-state index in [0.717, 1.165) is 82.8 Å². The number of fused-ring (bicyclic) bond motifs is 34. The molecule has 0 amide bonds. The Labute approximate surface area is 575 Å². The van der Waals surface area contributed by atoms with Crippen LogP contribution >= 0.6 is 0 Å². The van der Waals surface area contributed by atoms with E-state index in [1.807, 2.05) is 18.5 Å². The van der Waals surface area contributed by atoms with E-state index in [0.29, 0.717) is 0 Å². The summed E-state index contributed by atoms with van der Waals surface area (Å²) in [5.74, 6) is 0. The van der Waals surface area contributed by atoms with E-state index in [4.69, 9.17) is 19.9 Å². The van der Waals surface area contributed by atoms with Gasteiger partial charge in [-0.3, -0.25) is 9.97 Å². The van der Waals surface area contributed by atoms with Crippen molar-refractivity contribution in [2.24, 2.45) is 0 Å². The van der Waals surface area contributed by atoms with Gasteiger partial charge in [-0.25, -0.2) is 9.97 Å². The topological polar surface area (TPSA) is 51.6 Å². The summed E-state index contributed by atoms with van der Waals surface area (Å²) in [4.78, 5) is 20.6. The molecule has 4 aliphatic rings. The van der Waals surface area contributed by atoms with Gasteiger partial charge >= 0.3 is 0 Å². The maximum absolute atomic E-state index is 5.57. The monoisotopic (exact) mass is 1260 g/mol. The largest absolute Gasteiger partial charge is 0.254 e. The van der Waals surface area contributed by atoms with E-state index >= 15 is 0 Å². The second-order valence-electron chi connectivity index (χ2n) is 27.7. The van der Waals surface area contributed by atoms with Gasteiger partial charge in [0.05, 0.1) is 44.3 Å². The SMILES string of the molecule is c1ccc2c(c1)-c1ccccc1C21c2ccc3cc(-c4ccnc5c4ccc4ccc(-c6ccc7c8c(ccc7c6)-c6c(ccc7ccccc67)C86c7ccccc7-c7ccccc76)nc45)ccc3c2-c2ccc3cc(-c4ccc(-c5ccc6ccc7cccnc7c6n5)cc4)ccc3c21. The van der Waals surface area contributed by atoms with Crippen molar-refractivity contribution in [2.75, 3.05) is 0 Å². The molecule has 0 N–H and O–H groups in total. The van der Waals surface area contributed by atoms with Crippen LogP contribution < -0.4 is 0 Å². The Morgan fingerprint density at radius 2 is 0.610 bits per heavy atom. The molecule has 23 rings (SSSR count). The molecule has 4 heteroatoms. The fourth-order valence-electron chi connectivity index (χ4n) is 19.0. The van der Waals surface area contributed by atoms with Crippen LogP contribution in [-0.4, -0.2) is 19.9 Å². The third kappa shape index (κ3) is 7.03. The average molecular weight is 1260 g/mol. The molecular weight excluding hydrogens is 1210 g/mol. The summed E-state index contributed by atoms with van der Waals surface area (Å²) < 4.78 is 0. The Kier molecular flexibility index (Phi) is 10.7. The van der Waals surface area contributed by atoms with Crippen LogP contribution in [0.4, 0.5) is 0 Å². The summed E-state index contributed by atoms with van der Waals surface area (Å²) in [5.41, 5.74) is 32.4. The van der Waals surface area contributed by atoms with Crippen LogP contribution in [0.2, 0.25) is 0 Å². The third-order valence-corrected chi connectivity index (χ3v) is 23.1. The predicted molar refractivity (Wildman–Crippen MR) is 412 cm³/mol. The molecule has 0 saturated heterocycles. The zero-order valence-corrected chi connectivity index (χ0v) is 54.0. The van der Waals surface area contributed by atoms with Crippen molar-refractivity contribution >= 4 is 86.7 Å². The molecule has 2 spiro atoms. The minimum absolute atomic E-state index is 0.478. The van der Waals surface area contributed by atoms with Gasteiger partial charge in [0.2, 0.25) is 0 Å². The minimum atomic E-state index is -0.539. The second-order valence-corrected chi connectivity index (χ2v) is 27.7. The highest BCUT2D eigenvalue weighted by molar-refractivity contribution is 6.15. The Bertz CT molecular complexity index is 6830.